The molecule has 0 N–H and O–H groups in total. The molecule has 0 bridgehead atoms. The number of sulfonamides is 1. The predicted molar refractivity (Wildman–Crippen MR) is 84.8 cm³/mol. The van der Waals surface area contributed by atoms with Gasteiger partial charge in [0, 0.05) is 13.1 Å². The molecule has 1 aromatic rings. The summed E-state index contributed by atoms with van der Waals surface area (Å²) in [5, 5.41) is 0. The summed E-state index contributed by atoms with van der Waals surface area (Å²) in [5.41, 5.74) is 1.80. The highest BCUT2D eigenvalue weighted by atomic mass is 32.2. The van der Waals surface area contributed by atoms with Crippen LogP contribution in [0.15, 0.2) is 29.7 Å². The van der Waals surface area contributed by atoms with Gasteiger partial charge in [0.2, 0.25) is 10.0 Å². The van der Waals surface area contributed by atoms with Gasteiger partial charge in [0.25, 0.3) is 0 Å². The van der Waals surface area contributed by atoms with Crippen LogP contribution in [0.25, 0.3) is 6.08 Å². The molecule has 22 heavy (non-hydrogen) atoms. The number of carbonyl (C=O) groups is 1. The highest BCUT2D eigenvalue weighted by Gasteiger charge is 2.32. The molecule has 0 aliphatic carbocycles. The molecule has 1 aromatic carbocycles. The van der Waals surface area contributed by atoms with Gasteiger partial charge in [-0.15, -0.1) is 0 Å². The first-order valence-corrected chi connectivity index (χ1v) is 8.65. The third kappa shape index (κ3) is 3.23. The van der Waals surface area contributed by atoms with Crippen molar-refractivity contribution in [3.63, 3.8) is 0 Å². The first-order valence-electron chi connectivity index (χ1n) is 7.21. The van der Waals surface area contributed by atoms with Crippen LogP contribution in [0.4, 0.5) is 0 Å². The van der Waals surface area contributed by atoms with E-state index in [1.807, 2.05) is 6.92 Å². The second-order valence-electron chi connectivity index (χ2n) is 5.42. The average Bonchev–Trinajstić information content (AvgIpc) is 2.54. The van der Waals surface area contributed by atoms with Crippen LogP contribution in [0.5, 0.6) is 0 Å². The first-order chi connectivity index (χ1) is 10.4. The predicted octanol–water partition coefficient (Wildman–Crippen LogP) is 2.21. The van der Waals surface area contributed by atoms with E-state index < -0.39 is 10.0 Å². The van der Waals surface area contributed by atoms with Crippen molar-refractivity contribution in [2.75, 3.05) is 20.2 Å². The maximum absolute atomic E-state index is 12.7. The van der Waals surface area contributed by atoms with E-state index in [1.54, 1.807) is 24.3 Å². The highest BCUT2D eigenvalue weighted by molar-refractivity contribution is 7.89. The van der Waals surface area contributed by atoms with E-state index >= 15 is 0 Å². The van der Waals surface area contributed by atoms with Crippen LogP contribution in [-0.4, -0.2) is 38.9 Å². The third-order valence-electron chi connectivity index (χ3n) is 4.10. The van der Waals surface area contributed by atoms with Gasteiger partial charge in [-0.3, -0.25) is 4.79 Å². The van der Waals surface area contributed by atoms with Crippen molar-refractivity contribution in [1.29, 1.82) is 0 Å². The van der Waals surface area contributed by atoms with Crippen molar-refractivity contribution in [1.82, 2.24) is 4.31 Å². The van der Waals surface area contributed by atoms with E-state index in [2.05, 4.69) is 6.58 Å². The molecule has 1 heterocycles. The van der Waals surface area contributed by atoms with Crippen LogP contribution in [0.1, 0.15) is 24.0 Å². The minimum absolute atomic E-state index is 0.210. The number of ether oxygens (including phenoxy) is 1. The molecule has 120 valence electrons. The second-order valence-corrected chi connectivity index (χ2v) is 7.36. The maximum atomic E-state index is 12.7. The van der Waals surface area contributed by atoms with E-state index in [0.29, 0.717) is 25.9 Å². The molecule has 2 rings (SSSR count). The lowest BCUT2D eigenvalue weighted by Crippen LogP contribution is -2.40. The summed E-state index contributed by atoms with van der Waals surface area (Å²) in [6, 6.07) is 5.04. The Hall–Kier alpha value is -1.66. The monoisotopic (exact) mass is 323 g/mol. The smallest absolute Gasteiger partial charge is 0.308 e. The van der Waals surface area contributed by atoms with E-state index in [9.17, 15) is 13.2 Å². The molecule has 6 heteroatoms. The molecule has 0 radical (unpaired) electrons. The molecule has 0 spiro atoms. The summed E-state index contributed by atoms with van der Waals surface area (Å²) in [6.45, 7) is 6.28. The van der Waals surface area contributed by atoms with Crippen molar-refractivity contribution in [2.45, 2.75) is 24.7 Å². The fraction of sp³-hybridized carbons (Fsp3) is 0.438. The topological polar surface area (TPSA) is 63.7 Å². The van der Waals surface area contributed by atoms with Crippen LogP contribution in [0.2, 0.25) is 0 Å². The standard InChI is InChI=1S/C16H21NO4S/c1-4-13-11-15(6-5-12(13)2)22(19,20)17-9-7-14(8-10-17)16(18)21-3/h4-6,11,14H,1,7-10H2,2-3H3. The molecule has 1 fully saturated rings. The van der Waals surface area contributed by atoms with Gasteiger partial charge in [-0.05, 0) is 43.0 Å². The normalized spacial score (nSPS) is 17.2. The summed E-state index contributed by atoms with van der Waals surface area (Å²) in [7, 11) is -2.18. The van der Waals surface area contributed by atoms with Gasteiger partial charge < -0.3 is 4.74 Å². The quantitative estimate of drug-likeness (QED) is 0.797. The van der Waals surface area contributed by atoms with Gasteiger partial charge in [0.15, 0.2) is 0 Å². The zero-order chi connectivity index (χ0) is 16.3. The fourth-order valence-electron chi connectivity index (χ4n) is 2.65. The highest BCUT2D eigenvalue weighted by Crippen LogP contribution is 2.26. The van der Waals surface area contributed by atoms with E-state index in [1.165, 1.54) is 11.4 Å². The molecule has 1 aliphatic heterocycles. The summed E-state index contributed by atoms with van der Waals surface area (Å²) in [6.07, 6.45) is 2.63. The number of hydrogen-bond acceptors (Lipinski definition) is 4. The van der Waals surface area contributed by atoms with Crippen LogP contribution in [0.3, 0.4) is 0 Å². The number of hydrogen-bond donors (Lipinski definition) is 0. The first kappa shape index (κ1) is 16.7. The molecule has 0 aromatic heterocycles. The molecule has 0 saturated carbocycles. The van der Waals surface area contributed by atoms with Gasteiger partial charge in [0.05, 0.1) is 17.9 Å². The molecule has 0 amide bonds. The van der Waals surface area contributed by atoms with Gasteiger partial charge in [-0.25, -0.2) is 8.42 Å². The van der Waals surface area contributed by atoms with Crippen molar-refractivity contribution < 1.29 is 17.9 Å². The Labute approximate surface area is 131 Å². The summed E-state index contributed by atoms with van der Waals surface area (Å²) >= 11 is 0. The number of aryl methyl sites for hydroxylation is 1. The molecule has 0 atom stereocenters. The second kappa shape index (κ2) is 6.62. The number of methoxy groups -OCH3 is 1. The Morgan fingerprint density at radius 1 is 1.36 bits per heavy atom. The SMILES string of the molecule is C=Cc1cc(S(=O)(=O)N2CCC(C(=O)OC)CC2)ccc1C. The molecular weight excluding hydrogens is 302 g/mol. The largest absolute Gasteiger partial charge is 0.469 e. The van der Waals surface area contributed by atoms with Crippen molar-refractivity contribution in [2.24, 2.45) is 5.92 Å². The number of esters is 1. The van der Waals surface area contributed by atoms with Crippen LogP contribution in [0, 0.1) is 12.8 Å². The minimum Gasteiger partial charge on any atom is -0.469 e. The summed E-state index contributed by atoms with van der Waals surface area (Å²) in [5.74, 6) is -0.473. The Morgan fingerprint density at radius 2 is 2.00 bits per heavy atom. The lowest BCUT2D eigenvalue weighted by atomic mass is 9.99. The average molecular weight is 323 g/mol. The lowest BCUT2D eigenvalue weighted by Gasteiger charge is -2.30. The summed E-state index contributed by atoms with van der Waals surface area (Å²) < 4.78 is 31.5. The van der Waals surface area contributed by atoms with Gasteiger partial charge >= 0.3 is 5.97 Å². The Kier molecular flexibility index (Phi) is 5.03. The number of benzene rings is 1. The van der Waals surface area contributed by atoms with Crippen molar-refractivity contribution in [3.8, 4) is 0 Å². The molecule has 0 unspecified atom stereocenters. The number of rotatable bonds is 4. The molecule has 1 aliphatic rings. The Morgan fingerprint density at radius 3 is 2.55 bits per heavy atom. The third-order valence-corrected chi connectivity index (χ3v) is 5.99. The van der Waals surface area contributed by atoms with E-state index in [0.717, 1.165) is 11.1 Å². The number of piperidine rings is 1. The zero-order valence-electron chi connectivity index (χ0n) is 12.9. The fourth-order valence-corrected chi connectivity index (χ4v) is 4.15. The van der Waals surface area contributed by atoms with Crippen LogP contribution >= 0.6 is 0 Å². The van der Waals surface area contributed by atoms with Gasteiger partial charge in [0.1, 0.15) is 0 Å². The van der Waals surface area contributed by atoms with Crippen LogP contribution < -0.4 is 0 Å². The number of nitrogens with zero attached hydrogens (tertiary/aromatic N) is 1. The number of carbonyl (C=O) groups excluding carboxylic acids is 1. The minimum atomic E-state index is -3.53. The maximum Gasteiger partial charge on any atom is 0.308 e. The Bertz CT molecular complexity index is 673. The van der Waals surface area contributed by atoms with E-state index in [-0.39, 0.29) is 16.8 Å². The lowest BCUT2D eigenvalue weighted by molar-refractivity contribution is -0.146. The molecule has 5 nitrogen and oxygen atoms in total. The van der Waals surface area contributed by atoms with Gasteiger partial charge in [-0.2, -0.15) is 4.31 Å². The molecule has 1 saturated heterocycles. The van der Waals surface area contributed by atoms with E-state index in [4.69, 9.17) is 4.74 Å². The summed E-state index contributed by atoms with van der Waals surface area (Å²) in [4.78, 5) is 11.8. The Balaban J connectivity index is 2.18. The zero-order valence-corrected chi connectivity index (χ0v) is 13.7. The van der Waals surface area contributed by atoms with Crippen molar-refractivity contribution >= 4 is 22.1 Å². The van der Waals surface area contributed by atoms with Crippen molar-refractivity contribution in [3.05, 3.63) is 35.9 Å². The van der Waals surface area contributed by atoms with Crippen LogP contribution in [-0.2, 0) is 19.6 Å². The van der Waals surface area contributed by atoms with Gasteiger partial charge in [-0.1, -0.05) is 18.7 Å². The molecular formula is C16H21NO4S.